The highest BCUT2D eigenvalue weighted by molar-refractivity contribution is 5.36. The van der Waals surface area contributed by atoms with Crippen molar-refractivity contribution in [2.24, 2.45) is 0 Å². The fraction of sp³-hybridized carbons (Fsp3) is 0.294. The van der Waals surface area contributed by atoms with Crippen molar-refractivity contribution in [3.05, 3.63) is 65.2 Å². The van der Waals surface area contributed by atoms with Crippen molar-refractivity contribution in [1.82, 2.24) is 5.32 Å². The van der Waals surface area contributed by atoms with E-state index in [1.165, 1.54) is 25.3 Å². The molecule has 2 aromatic carbocycles. The predicted octanol–water partition coefficient (Wildman–Crippen LogP) is 4.06. The number of halogens is 2. The molecule has 0 aliphatic heterocycles. The summed E-state index contributed by atoms with van der Waals surface area (Å²) in [5.74, 6) is -0.167. The van der Waals surface area contributed by atoms with Gasteiger partial charge in [-0.2, -0.15) is 0 Å². The van der Waals surface area contributed by atoms with E-state index < -0.39 is 0 Å². The van der Waals surface area contributed by atoms with Crippen molar-refractivity contribution in [3.63, 3.8) is 0 Å². The normalized spacial score (nSPS) is 12.2. The summed E-state index contributed by atoms with van der Waals surface area (Å²) in [6.07, 6.45) is 0.926. The van der Waals surface area contributed by atoms with Crippen LogP contribution in [0.4, 0.5) is 8.78 Å². The third kappa shape index (κ3) is 3.79. The summed E-state index contributed by atoms with van der Waals surface area (Å²) < 4.78 is 32.4. The summed E-state index contributed by atoms with van der Waals surface area (Å²) in [7, 11) is 1.50. The highest BCUT2D eigenvalue weighted by atomic mass is 19.1. The molecular formula is C17H19F2NO. The monoisotopic (exact) mass is 291 g/mol. The Morgan fingerprint density at radius 2 is 1.81 bits per heavy atom. The second-order valence-corrected chi connectivity index (χ2v) is 4.83. The van der Waals surface area contributed by atoms with Crippen molar-refractivity contribution in [2.45, 2.75) is 19.4 Å². The fourth-order valence-electron chi connectivity index (χ4n) is 2.22. The second kappa shape index (κ2) is 7.18. The Bertz CT molecular complexity index is 584. The lowest BCUT2D eigenvalue weighted by Gasteiger charge is -2.20. The van der Waals surface area contributed by atoms with Gasteiger partial charge in [-0.25, -0.2) is 8.78 Å². The van der Waals surface area contributed by atoms with Crippen LogP contribution in [0.5, 0.6) is 5.75 Å². The van der Waals surface area contributed by atoms with E-state index in [1.807, 2.05) is 6.92 Å². The van der Waals surface area contributed by atoms with Crippen LogP contribution in [0.25, 0.3) is 0 Å². The quantitative estimate of drug-likeness (QED) is 0.866. The Kier molecular flexibility index (Phi) is 5.28. The van der Waals surface area contributed by atoms with Crippen LogP contribution in [0, 0.1) is 11.6 Å². The first-order chi connectivity index (χ1) is 10.2. The maximum absolute atomic E-state index is 14.3. The fourth-order valence-corrected chi connectivity index (χ4v) is 2.22. The third-order valence-electron chi connectivity index (χ3n) is 3.32. The number of nitrogens with one attached hydrogen (secondary N) is 1. The summed E-state index contributed by atoms with van der Waals surface area (Å²) in [6.45, 7) is 2.78. The molecule has 2 rings (SSSR count). The average Bonchev–Trinajstić information content (AvgIpc) is 2.50. The summed E-state index contributed by atoms with van der Waals surface area (Å²) in [6, 6.07) is 10.6. The second-order valence-electron chi connectivity index (χ2n) is 4.83. The Morgan fingerprint density at radius 3 is 2.38 bits per heavy atom. The highest BCUT2D eigenvalue weighted by Gasteiger charge is 2.17. The van der Waals surface area contributed by atoms with Gasteiger partial charge in [-0.3, -0.25) is 0 Å². The van der Waals surface area contributed by atoms with Gasteiger partial charge in [0.25, 0.3) is 0 Å². The molecule has 0 aromatic heterocycles. The van der Waals surface area contributed by atoms with Crippen LogP contribution < -0.4 is 10.1 Å². The van der Waals surface area contributed by atoms with Crippen LogP contribution >= 0.6 is 0 Å². The van der Waals surface area contributed by atoms with Crippen LogP contribution in [0.1, 0.15) is 30.5 Å². The number of hydrogen-bond acceptors (Lipinski definition) is 2. The van der Waals surface area contributed by atoms with Crippen molar-refractivity contribution in [2.75, 3.05) is 13.7 Å². The molecule has 1 unspecified atom stereocenters. The van der Waals surface area contributed by atoms with Gasteiger partial charge in [0, 0.05) is 11.6 Å². The Hall–Kier alpha value is -1.94. The van der Waals surface area contributed by atoms with E-state index in [-0.39, 0.29) is 17.7 Å². The van der Waals surface area contributed by atoms with E-state index in [0.717, 1.165) is 18.5 Å². The lowest BCUT2D eigenvalue weighted by molar-refractivity contribution is 0.410. The van der Waals surface area contributed by atoms with Crippen LogP contribution in [0.3, 0.4) is 0 Å². The maximum atomic E-state index is 14.3. The summed E-state index contributed by atoms with van der Waals surface area (Å²) in [5, 5.41) is 3.30. The van der Waals surface area contributed by atoms with Crippen LogP contribution in [-0.2, 0) is 0 Å². The largest absolute Gasteiger partial charge is 0.497 e. The number of ether oxygens (including phenoxy) is 1. The molecule has 2 nitrogen and oxygen atoms in total. The van der Waals surface area contributed by atoms with Gasteiger partial charge in [-0.05, 0) is 36.7 Å². The zero-order valence-corrected chi connectivity index (χ0v) is 12.2. The van der Waals surface area contributed by atoms with Crippen molar-refractivity contribution in [3.8, 4) is 5.75 Å². The Balaban J connectivity index is 2.37. The van der Waals surface area contributed by atoms with Gasteiger partial charge in [0.05, 0.1) is 13.2 Å². The minimum Gasteiger partial charge on any atom is -0.497 e. The smallest absolute Gasteiger partial charge is 0.132 e. The predicted molar refractivity (Wildman–Crippen MR) is 79.5 cm³/mol. The summed E-state index contributed by atoms with van der Waals surface area (Å²) in [5.41, 5.74) is 1.35. The topological polar surface area (TPSA) is 21.3 Å². The molecule has 0 fully saturated rings. The molecule has 0 aliphatic rings. The molecule has 0 saturated heterocycles. The van der Waals surface area contributed by atoms with Gasteiger partial charge in [-0.15, -0.1) is 0 Å². The molecule has 112 valence electrons. The molecule has 0 radical (unpaired) electrons. The van der Waals surface area contributed by atoms with E-state index in [9.17, 15) is 8.78 Å². The number of hydrogen-bond donors (Lipinski definition) is 1. The van der Waals surface area contributed by atoms with E-state index in [0.29, 0.717) is 11.3 Å². The number of methoxy groups -OCH3 is 1. The van der Waals surface area contributed by atoms with E-state index in [4.69, 9.17) is 4.74 Å². The molecule has 0 heterocycles. The van der Waals surface area contributed by atoms with Crippen LogP contribution in [0.2, 0.25) is 0 Å². The van der Waals surface area contributed by atoms with Gasteiger partial charge >= 0.3 is 0 Å². The summed E-state index contributed by atoms with van der Waals surface area (Å²) >= 11 is 0. The first-order valence-corrected chi connectivity index (χ1v) is 6.98. The molecule has 0 aliphatic carbocycles. The molecule has 0 bridgehead atoms. The molecule has 4 heteroatoms. The minimum absolute atomic E-state index is 0.303. The van der Waals surface area contributed by atoms with Crippen molar-refractivity contribution < 1.29 is 13.5 Å². The SMILES string of the molecule is CCCNC(c1ccc(F)cc1)c1ccc(OC)cc1F. The molecule has 0 saturated carbocycles. The van der Waals surface area contributed by atoms with Gasteiger partial charge in [0.15, 0.2) is 0 Å². The summed E-state index contributed by atoms with van der Waals surface area (Å²) in [4.78, 5) is 0. The lowest BCUT2D eigenvalue weighted by atomic mass is 9.98. The van der Waals surface area contributed by atoms with Gasteiger partial charge in [0.2, 0.25) is 0 Å². The van der Waals surface area contributed by atoms with E-state index >= 15 is 0 Å². The molecule has 21 heavy (non-hydrogen) atoms. The molecule has 0 spiro atoms. The molecule has 1 N–H and O–H groups in total. The number of rotatable bonds is 6. The standard InChI is InChI=1S/C17H19F2NO/c1-3-10-20-17(12-4-6-13(18)7-5-12)15-9-8-14(21-2)11-16(15)19/h4-9,11,17,20H,3,10H2,1-2H3. The highest BCUT2D eigenvalue weighted by Crippen LogP contribution is 2.27. The first kappa shape index (κ1) is 15.4. The minimum atomic E-state index is -0.340. The zero-order valence-electron chi connectivity index (χ0n) is 12.2. The number of benzene rings is 2. The molecular weight excluding hydrogens is 272 g/mol. The van der Waals surface area contributed by atoms with E-state index in [2.05, 4.69) is 5.32 Å². The molecule has 2 aromatic rings. The maximum Gasteiger partial charge on any atom is 0.132 e. The van der Waals surface area contributed by atoms with Crippen LogP contribution in [0.15, 0.2) is 42.5 Å². The average molecular weight is 291 g/mol. The Labute approximate surface area is 123 Å². The molecule has 0 amide bonds. The zero-order chi connectivity index (χ0) is 15.2. The Morgan fingerprint density at radius 1 is 1.10 bits per heavy atom. The van der Waals surface area contributed by atoms with E-state index in [1.54, 1.807) is 24.3 Å². The van der Waals surface area contributed by atoms with Crippen LogP contribution in [-0.4, -0.2) is 13.7 Å². The van der Waals surface area contributed by atoms with Gasteiger partial charge in [0.1, 0.15) is 17.4 Å². The van der Waals surface area contributed by atoms with Gasteiger partial charge < -0.3 is 10.1 Å². The third-order valence-corrected chi connectivity index (χ3v) is 3.32. The first-order valence-electron chi connectivity index (χ1n) is 6.98. The molecule has 1 atom stereocenters. The van der Waals surface area contributed by atoms with Gasteiger partial charge in [-0.1, -0.05) is 25.1 Å². The lowest BCUT2D eigenvalue weighted by Crippen LogP contribution is -2.24. The van der Waals surface area contributed by atoms with Crippen molar-refractivity contribution >= 4 is 0 Å². The van der Waals surface area contributed by atoms with Crippen molar-refractivity contribution in [1.29, 1.82) is 0 Å².